The molecule has 0 spiro atoms. The van der Waals surface area contributed by atoms with Crippen LogP contribution in [-0.4, -0.2) is 9.97 Å². The van der Waals surface area contributed by atoms with E-state index in [9.17, 15) is 0 Å². The molecule has 62 valence electrons. The van der Waals surface area contributed by atoms with Crippen molar-refractivity contribution in [1.29, 1.82) is 10.5 Å². The summed E-state index contributed by atoms with van der Waals surface area (Å²) < 4.78 is 0. The molecule has 0 radical (unpaired) electrons. The fourth-order valence-corrected chi connectivity index (χ4v) is 0.695. The minimum atomic E-state index is -0.175. The minimum Gasteiger partial charge on any atom is -0.394 e. The van der Waals surface area contributed by atoms with Crippen LogP contribution in [0.25, 0.3) is 5.70 Å². The van der Waals surface area contributed by atoms with Gasteiger partial charge in [-0.2, -0.15) is 10.5 Å². The van der Waals surface area contributed by atoms with Crippen molar-refractivity contribution in [3.05, 3.63) is 29.9 Å². The van der Waals surface area contributed by atoms with Crippen LogP contribution in [0.2, 0.25) is 0 Å². The number of hydrogen-bond donors (Lipinski definition) is 1. The molecule has 0 aliphatic heterocycles. The van der Waals surface area contributed by atoms with Crippen LogP contribution >= 0.6 is 0 Å². The van der Waals surface area contributed by atoms with Crippen molar-refractivity contribution in [1.82, 2.24) is 9.97 Å². The number of aromatic nitrogens is 2. The molecule has 1 aromatic rings. The summed E-state index contributed by atoms with van der Waals surface area (Å²) in [5.74, 6) is 0.195. The highest BCUT2D eigenvalue weighted by Crippen LogP contribution is 2.05. The summed E-state index contributed by atoms with van der Waals surface area (Å²) in [5, 5.41) is 17.0. The first-order chi connectivity index (χ1) is 6.29. The summed E-state index contributed by atoms with van der Waals surface area (Å²) in [6.07, 6.45) is 2.98. The Hall–Kier alpha value is -2.40. The number of hydrogen-bond acceptors (Lipinski definition) is 5. The van der Waals surface area contributed by atoms with Gasteiger partial charge in [0, 0.05) is 12.4 Å². The molecule has 13 heavy (non-hydrogen) atoms. The van der Waals surface area contributed by atoms with Crippen LogP contribution < -0.4 is 5.73 Å². The van der Waals surface area contributed by atoms with Crippen LogP contribution in [0.4, 0.5) is 0 Å². The molecule has 0 bridgehead atoms. The topological polar surface area (TPSA) is 99.4 Å². The maximum atomic E-state index is 8.49. The quantitative estimate of drug-likeness (QED) is 0.608. The maximum Gasteiger partial charge on any atom is 0.177 e. The lowest BCUT2D eigenvalue weighted by Crippen LogP contribution is -2.04. The Labute approximate surface area is 74.8 Å². The molecule has 0 amide bonds. The SMILES string of the molecule is N#CC(C#N)=C(N)c1ncccn1. The van der Waals surface area contributed by atoms with Crippen molar-refractivity contribution in [2.45, 2.75) is 0 Å². The zero-order valence-corrected chi connectivity index (χ0v) is 6.60. The van der Waals surface area contributed by atoms with E-state index in [-0.39, 0.29) is 17.1 Å². The second kappa shape index (κ2) is 3.84. The molecule has 0 atom stereocenters. The van der Waals surface area contributed by atoms with Gasteiger partial charge in [-0.25, -0.2) is 9.97 Å². The third-order valence-electron chi connectivity index (χ3n) is 1.30. The average molecular weight is 171 g/mol. The molecule has 2 N–H and O–H groups in total. The molecule has 0 saturated carbocycles. The van der Waals surface area contributed by atoms with Crippen molar-refractivity contribution in [2.75, 3.05) is 0 Å². The van der Waals surface area contributed by atoms with Crippen LogP contribution in [0.5, 0.6) is 0 Å². The lowest BCUT2D eigenvalue weighted by atomic mass is 10.2. The van der Waals surface area contributed by atoms with E-state index >= 15 is 0 Å². The predicted octanol–water partition coefficient (Wildman–Crippen LogP) is 0.194. The molecule has 0 unspecified atom stereocenters. The lowest BCUT2D eigenvalue weighted by Gasteiger charge is -1.96. The molecular weight excluding hydrogens is 166 g/mol. The van der Waals surface area contributed by atoms with E-state index in [2.05, 4.69) is 9.97 Å². The lowest BCUT2D eigenvalue weighted by molar-refractivity contribution is 1.10. The highest BCUT2D eigenvalue weighted by Gasteiger charge is 2.05. The molecule has 0 saturated heterocycles. The van der Waals surface area contributed by atoms with Gasteiger partial charge >= 0.3 is 0 Å². The van der Waals surface area contributed by atoms with E-state index in [0.29, 0.717) is 0 Å². The van der Waals surface area contributed by atoms with Gasteiger partial charge in [-0.15, -0.1) is 0 Å². The van der Waals surface area contributed by atoms with Crippen molar-refractivity contribution < 1.29 is 0 Å². The number of nitriles is 2. The van der Waals surface area contributed by atoms with E-state index in [1.807, 2.05) is 0 Å². The van der Waals surface area contributed by atoms with Crippen LogP contribution in [0.3, 0.4) is 0 Å². The van der Waals surface area contributed by atoms with E-state index < -0.39 is 0 Å². The fraction of sp³-hybridized carbons (Fsp3) is 0. The number of nitrogens with zero attached hydrogens (tertiary/aromatic N) is 4. The summed E-state index contributed by atoms with van der Waals surface area (Å²) in [4.78, 5) is 7.60. The standard InChI is InChI=1S/C8H5N5/c9-4-6(5-10)7(11)8-12-2-1-3-13-8/h1-3H,11H2. The normalized spacial score (nSPS) is 8.15. The molecule has 0 aliphatic rings. The second-order valence-electron chi connectivity index (χ2n) is 2.08. The predicted molar refractivity (Wildman–Crippen MR) is 44.4 cm³/mol. The average Bonchev–Trinajstić information content (AvgIpc) is 2.21. The Morgan fingerprint density at radius 1 is 1.23 bits per heavy atom. The van der Waals surface area contributed by atoms with E-state index in [1.54, 1.807) is 18.2 Å². The zero-order valence-electron chi connectivity index (χ0n) is 6.60. The summed E-state index contributed by atoms with van der Waals surface area (Å²) in [5.41, 5.74) is 5.30. The number of nitrogens with two attached hydrogens (primary N) is 1. The van der Waals surface area contributed by atoms with E-state index in [4.69, 9.17) is 16.3 Å². The Morgan fingerprint density at radius 3 is 2.23 bits per heavy atom. The van der Waals surface area contributed by atoms with Crippen LogP contribution in [0.1, 0.15) is 5.82 Å². The molecule has 0 fully saturated rings. The minimum absolute atomic E-state index is 0.00519. The Morgan fingerprint density at radius 2 is 1.77 bits per heavy atom. The molecule has 1 rings (SSSR count). The van der Waals surface area contributed by atoms with Crippen molar-refractivity contribution >= 4 is 5.70 Å². The second-order valence-corrected chi connectivity index (χ2v) is 2.08. The smallest absolute Gasteiger partial charge is 0.177 e. The zero-order chi connectivity index (χ0) is 9.68. The Bertz CT molecular complexity index is 390. The van der Waals surface area contributed by atoms with Crippen LogP contribution in [0, 0.1) is 22.7 Å². The van der Waals surface area contributed by atoms with Gasteiger partial charge in [0.1, 0.15) is 17.8 Å². The van der Waals surface area contributed by atoms with Gasteiger partial charge in [-0.3, -0.25) is 0 Å². The molecule has 0 aliphatic carbocycles. The van der Waals surface area contributed by atoms with Gasteiger partial charge in [0.2, 0.25) is 0 Å². The third-order valence-corrected chi connectivity index (χ3v) is 1.30. The van der Waals surface area contributed by atoms with Gasteiger partial charge in [-0.05, 0) is 6.07 Å². The van der Waals surface area contributed by atoms with Crippen molar-refractivity contribution in [3.8, 4) is 12.1 Å². The Kier molecular flexibility index (Phi) is 2.57. The van der Waals surface area contributed by atoms with Crippen molar-refractivity contribution in [2.24, 2.45) is 5.73 Å². The van der Waals surface area contributed by atoms with Gasteiger partial charge in [0.05, 0.1) is 0 Å². The highest BCUT2D eigenvalue weighted by molar-refractivity contribution is 5.68. The van der Waals surface area contributed by atoms with Crippen LogP contribution in [0.15, 0.2) is 24.0 Å². The Balaban J connectivity index is 3.21. The first kappa shape index (κ1) is 8.69. The molecule has 1 aromatic heterocycles. The summed E-state index contributed by atoms with van der Waals surface area (Å²) >= 11 is 0. The first-order valence-electron chi connectivity index (χ1n) is 3.37. The van der Waals surface area contributed by atoms with Gasteiger partial charge in [0.15, 0.2) is 11.4 Å². The van der Waals surface area contributed by atoms with E-state index in [0.717, 1.165) is 0 Å². The largest absolute Gasteiger partial charge is 0.394 e. The number of allylic oxidation sites excluding steroid dienone is 1. The van der Waals surface area contributed by atoms with Crippen molar-refractivity contribution in [3.63, 3.8) is 0 Å². The van der Waals surface area contributed by atoms with E-state index in [1.165, 1.54) is 12.4 Å². The van der Waals surface area contributed by atoms with Gasteiger partial charge in [0.25, 0.3) is 0 Å². The van der Waals surface area contributed by atoms with Gasteiger partial charge < -0.3 is 5.73 Å². The molecule has 5 nitrogen and oxygen atoms in total. The highest BCUT2D eigenvalue weighted by atomic mass is 14.9. The summed E-state index contributed by atoms with van der Waals surface area (Å²) in [6, 6.07) is 4.95. The molecule has 1 heterocycles. The molecular formula is C8H5N5. The number of rotatable bonds is 1. The maximum absolute atomic E-state index is 8.49. The summed E-state index contributed by atoms with van der Waals surface area (Å²) in [6.45, 7) is 0. The monoisotopic (exact) mass is 171 g/mol. The first-order valence-corrected chi connectivity index (χ1v) is 3.37. The van der Waals surface area contributed by atoms with Crippen LogP contribution in [-0.2, 0) is 0 Å². The fourth-order valence-electron chi connectivity index (χ4n) is 0.695. The third kappa shape index (κ3) is 1.79. The van der Waals surface area contributed by atoms with Gasteiger partial charge in [-0.1, -0.05) is 0 Å². The summed E-state index contributed by atoms with van der Waals surface area (Å²) in [7, 11) is 0. The molecule has 5 heteroatoms. The molecule has 0 aromatic carbocycles.